The number of aromatic nitrogens is 3. The van der Waals surface area contributed by atoms with Crippen molar-refractivity contribution >= 4 is 11.8 Å². The Hall–Kier alpha value is -1.74. The van der Waals surface area contributed by atoms with Gasteiger partial charge in [-0.15, -0.1) is 23.4 Å². The first-order chi connectivity index (χ1) is 10.4. The van der Waals surface area contributed by atoms with Crippen LogP contribution in [0.1, 0.15) is 11.4 Å². The molecule has 2 aromatic rings. The van der Waals surface area contributed by atoms with Crippen molar-refractivity contribution in [1.29, 1.82) is 0 Å². The number of hydrogen-bond donors (Lipinski definition) is 1. The van der Waals surface area contributed by atoms with Crippen LogP contribution in [0.25, 0.3) is 0 Å². The Labute approximate surface area is 129 Å². The van der Waals surface area contributed by atoms with E-state index in [0.717, 1.165) is 5.82 Å². The lowest BCUT2D eigenvalue weighted by Crippen LogP contribution is -2.18. The Morgan fingerprint density at radius 1 is 1.27 bits per heavy atom. The number of nitrogens with two attached hydrogens (primary N) is 1. The first-order valence-electron chi connectivity index (χ1n) is 6.45. The molecule has 1 aromatic carbocycles. The number of para-hydroxylation sites is 1. The maximum atomic E-state index is 12.4. The molecule has 9 heteroatoms. The molecule has 2 rings (SSSR count). The topological polar surface area (TPSA) is 66.0 Å². The molecular formula is C13H15F3N4OS. The van der Waals surface area contributed by atoms with Crippen LogP contribution in [0, 0.1) is 0 Å². The van der Waals surface area contributed by atoms with Crippen molar-refractivity contribution in [3.63, 3.8) is 0 Å². The van der Waals surface area contributed by atoms with Crippen molar-refractivity contribution in [3.8, 4) is 5.75 Å². The molecule has 2 N–H and O–H groups in total. The second-order valence-electron chi connectivity index (χ2n) is 4.44. The van der Waals surface area contributed by atoms with Gasteiger partial charge in [0.15, 0.2) is 5.16 Å². The monoisotopic (exact) mass is 332 g/mol. The van der Waals surface area contributed by atoms with E-state index in [2.05, 4.69) is 14.9 Å². The zero-order valence-electron chi connectivity index (χ0n) is 11.8. The Morgan fingerprint density at radius 2 is 2.00 bits per heavy atom. The minimum atomic E-state index is -4.71. The van der Waals surface area contributed by atoms with E-state index >= 15 is 0 Å². The molecule has 5 nitrogen and oxygen atoms in total. The van der Waals surface area contributed by atoms with E-state index in [9.17, 15) is 13.2 Å². The molecule has 0 spiro atoms. The number of halogens is 3. The van der Waals surface area contributed by atoms with E-state index in [4.69, 9.17) is 5.73 Å². The highest BCUT2D eigenvalue weighted by molar-refractivity contribution is 7.98. The lowest BCUT2D eigenvalue weighted by atomic mass is 10.2. The molecule has 0 atom stereocenters. The fourth-order valence-electron chi connectivity index (χ4n) is 1.81. The van der Waals surface area contributed by atoms with Crippen LogP contribution < -0.4 is 10.5 Å². The summed E-state index contributed by atoms with van der Waals surface area (Å²) in [6.45, 7) is 0.457. The highest BCUT2D eigenvalue weighted by atomic mass is 32.2. The van der Waals surface area contributed by atoms with Gasteiger partial charge >= 0.3 is 6.36 Å². The quantitative estimate of drug-likeness (QED) is 0.824. The third kappa shape index (κ3) is 4.38. The van der Waals surface area contributed by atoms with Gasteiger partial charge in [-0.25, -0.2) is 0 Å². The lowest BCUT2D eigenvalue weighted by molar-refractivity contribution is -0.274. The predicted molar refractivity (Wildman–Crippen MR) is 76.4 cm³/mol. The van der Waals surface area contributed by atoms with Gasteiger partial charge in [-0.05, 0) is 12.6 Å². The van der Waals surface area contributed by atoms with Crippen LogP contribution in [0.3, 0.4) is 0 Å². The van der Waals surface area contributed by atoms with Crippen molar-refractivity contribution in [2.45, 2.75) is 23.7 Å². The smallest absolute Gasteiger partial charge is 0.405 e. The fourth-order valence-corrected chi connectivity index (χ4v) is 2.73. The summed E-state index contributed by atoms with van der Waals surface area (Å²) in [7, 11) is 1.80. The molecular weight excluding hydrogens is 317 g/mol. The molecule has 0 saturated heterocycles. The Morgan fingerprint density at radius 3 is 2.68 bits per heavy atom. The minimum absolute atomic E-state index is 0.202. The highest BCUT2D eigenvalue weighted by Gasteiger charge is 2.32. The van der Waals surface area contributed by atoms with Crippen molar-refractivity contribution < 1.29 is 17.9 Å². The first kappa shape index (κ1) is 16.6. The van der Waals surface area contributed by atoms with Crippen LogP contribution in [0.5, 0.6) is 5.75 Å². The van der Waals surface area contributed by atoms with E-state index in [1.54, 1.807) is 23.7 Å². The van der Waals surface area contributed by atoms with Gasteiger partial charge < -0.3 is 15.0 Å². The summed E-state index contributed by atoms with van der Waals surface area (Å²) in [5.74, 6) is 0.831. The standard InChI is InChI=1S/C13H15F3N4OS/c1-20-11(6-7-17)18-19-12(20)22-8-9-4-2-3-5-10(9)21-13(14,15)16/h2-5H,6-8,17H2,1H3. The lowest BCUT2D eigenvalue weighted by Gasteiger charge is -2.12. The predicted octanol–water partition coefficient (Wildman–Crippen LogP) is 2.51. The molecule has 1 heterocycles. The number of thioether (sulfide) groups is 1. The van der Waals surface area contributed by atoms with Crippen molar-refractivity contribution in [2.75, 3.05) is 6.54 Å². The van der Waals surface area contributed by atoms with Gasteiger partial charge in [-0.2, -0.15) is 0 Å². The van der Waals surface area contributed by atoms with Gasteiger partial charge in [0, 0.05) is 24.8 Å². The zero-order chi connectivity index (χ0) is 16.2. The number of rotatable bonds is 6. The Kier molecular flexibility index (Phi) is 5.30. The largest absolute Gasteiger partial charge is 0.573 e. The Bertz CT molecular complexity index is 630. The molecule has 120 valence electrons. The number of alkyl halides is 3. The summed E-state index contributed by atoms with van der Waals surface area (Å²) >= 11 is 1.29. The van der Waals surface area contributed by atoms with Crippen molar-refractivity contribution in [2.24, 2.45) is 12.8 Å². The van der Waals surface area contributed by atoms with Gasteiger partial charge in [-0.1, -0.05) is 30.0 Å². The number of hydrogen-bond acceptors (Lipinski definition) is 5. The number of nitrogens with zero attached hydrogens (tertiary/aromatic N) is 3. The Balaban J connectivity index is 2.09. The van der Waals surface area contributed by atoms with Crippen LogP contribution in [0.4, 0.5) is 13.2 Å². The van der Waals surface area contributed by atoms with Crippen LogP contribution in [-0.2, 0) is 19.2 Å². The highest BCUT2D eigenvalue weighted by Crippen LogP contribution is 2.30. The molecule has 0 fully saturated rings. The minimum Gasteiger partial charge on any atom is -0.405 e. The van der Waals surface area contributed by atoms with E-state index in [0.29, 0.717) is 29.4 Å². The summed E-state index contributed by atoms with van der Waals surface area (Å²) < 4.78 is 42.9. The second-order valence-corrected chi connectivity index (χ2v) is 5.38. The molecule has 1 aromatic heterocycles. The molecule has 0 saturated carbocycles. The molecule has 0 radical (unpaired) electrons. The van der Waals surface area contributed by atoms with E-state index in [1.807, 2.05) is 0 Å². The van der Waals surface area contributed by atoms with E-state index < -0.39 is 6.36 Å². The van der Waals surface area contributed by atoms with Crippen LogP contribution in [0.15, 0.2) is 29.4 Å². The molecule has 0 amide bonds. The summed E-state index contributed by atoms with van der Waals surface area (Å²) in [4.78, 5) is 0. The summed E-state index contributed by atoms with van der Waals surface area (Å²) in [5.41, 5.74) is 5.91. The molecule has 0 unspecified atom stereocenters. The fraction of sp³-hybridized carbons (Fsp3) is 0.385. The number of ether oxygens (including phenoxy) is 1. The third-order valence-electron chi connectivity index (χ3n) is 2.85. The van der Waals surface area contributed by atoms with Gasteiger partial charge in [0.2, 0.25) is 0 Å². The van der Waals surface area contributed by atoms with Gasteiger partial charge in [0.1, 0.15) is 11.6 Å². The average Bonchev–Trinajstić information content (AvgIpc) is 2.78. The second kappa shape index (κ2) is 7.01. The SMILES string of the molecule is Cn1c(CCN)nnc1SCc1ccccc1OC(F)(F)F. The molecule has 0 aliphatic rings. The average molecular weight is 332 g/mol. The molecule has 0 aliphatic carbocycles. The maximum absolute atomic E-state index is 12.4. The summed E-state index contributed by atoms with van der Waals surface area (Å²) in [6, 6.07) is 6.04. The third-order valence-corrected chi connectivity index (χ3v) is 3.92. The van der Waals surface area contributed by atoms with Crippen molar-refractivity contribution in [1.82, 2.24) is 14.8 Å². The normalized spacial score (nSPS) is 11.7. The zero-order valence-corrected chi connectivity index (χ0v) is 12.6. The first-order valence-corrected chi connectivity index (χ1v) is 7.44. The van der Waals surface area contributed by atoms with Gasteiger partial charge in [-0.3, -0.25) is 0 Å². The summed E-state index contributed by atoms with van der Waals surface area (Å²) in [6.07, 6.45) is -4.11. The van der Waals surface area contributed by atoms with Gasteiger partial charge in [0.05, 0.1) is 0 Å². The van der Waals surface area contributed by atoms with Crippen LogP contribution in [0.2, 0.25) is 0 Å². The molecule has 0 bridgehead atoms. The van der Waals surface area contributed by atoms with Crippen LogP contribution in [-0.4, -0.2) is 27.7 Å². The number of benzene rings is 1. The maximum Gasteiger partial charge on any atom is 0.573 e. The molecule has 22 heavy (non-hydrogen) atoms. The molecule has 0 aliphatic heterocycles. The van der Waals surface area contributed by atoms with Crippen molar-refractivity contribution in [3.05, 3.63) is 35.7 Å². The van der Waals surface area contributed by atoms with Crippen LogP contribution >= 0.6 is 11.8 Å². The van der Waals surface area contributed by atoms with E-state index in [-0.39, 0.29) is 5.75 Å². The van der Waals surface area contributed by atoms with E-state index in [1.165, 1.54) is 23.9 Å². The van der Waals surface area contributed by atoms with Gasteiger partial charge in [0.25, 0.3) is 0 Å². The summed E-state index contributed by atoms with van der Waals surface area (Å²) in [5, 5.41) is 8.63.